The van der Waals surface area contributed by atoms with Crippen LogP contribution in [0.1, 0.15) is 44.6 Å². The van der Waals surface area contributed by atoms with Gasteiger partial charge >= 0.3 is 5.97 Å². The number of ether oxygens (including phenoxy) is 1. The van der Waals surface area contributed by atoms with Gasteiger partial charge in [0.1, 0.15) is 4.88 Å². The zero-order chi connectivity index (χ0) is 19.8. The van der Waals surface area contributed by atoms with Gasteiger partial charge in [-0.2, -0.15) is 0 Å². The summed E-state index contributed by atoms with van der Waals surface area (Å²) in [6.45, 7) is 5.95. The average molecular weight is 415 g/mol. The molecule has 0 radical (unpaired) electrons. The molecule has 0 unspecified atom stereocenters. The zero-order valence-corrected chi connectivity index (χ0v) is 17.8. The molecule has 0 fully saturated rings. The van der Waals surface area contributed by atoms with Gasteiger partial charge in [-0.1, -0.05) is 24.3 Å². The summed E-state index contributed by atoms with van der Waals surface area (Å²) in [6, 6.07) is 6.04. The molecule has 2 aromatic heterocycles. The predicted octanol–water partition coefficient (Wildman–Crippen LogP) is 4.89. The van der Waals surface area contributed by atoms with Crippen molar-refractivity contribution in [3.05, 3.63) is 44.6 Å². The van der Waals surface area contributed by atoms with Crippen molar-refractivity contribution >= 4 is 49.9 Å². The lowest BCUT2D eigenvalue weighted by atomic mass is 9.90. The normalized spacial score (nSPS) is 16.0. The lowest BCUT2D eigenvalue weighted by molar-refractivity contribution is -0.119. The number of anilines is 1. The number of benzene rings is 1. The summed E-state index contributed by atoms with van der Waals surface area (Å²) in [5.74, 6) is -0.160. The highest BCUT2D eigenvalue weighted by Crippen LogP contribution is 2.32. The van der Waals surface area contributed by atoms with E-state index in [4.69, 9.17) is 4.74 Å². The molecule has 4 rings (SSSR count). The molecule has 1 amide bonds. The van der Waals surface area contributed by atoms with Crippen molar-refractivity contribution in [1.82, 2.24) is 4.98 Å². The lowest BCUT2D eigenvalue weighted by Crippen LogP contribution is -2.20. The molecular weight excluding hydrogens is 392 g/mol. The van der Waals surface area contributed by atoms with Gasteiger partial charge in [-0.15, -0.1) is 11.3 Å². The number of hydrogen-bond acceptors (Lipinski definition) is 6. The van der Waals surface area contributed by atoms with E-state index >= 15 is 0 Å². The van der Waals surface area contributed by atoms with Crippen molar-refractivity contribution in [3.8, 4) is 0 Å². The minimum Gasteiger partial charge on any atom is -0.451 e. The first kappa shape index (κ1) is 19.1. The van der Waals surface area contributed by atoms with Crippen LogP contribution in [0.3, 0.4) is 0 Å². The van der Waals surface area contributed by atoms with Gasteiger partial charge in [0.25, 0.3) is 5.91 Å². The summed E-state index contributed by atoms with van der Waals surface area (Å²) < 4.78 is 6.25. The average Bonchev–Trinajstić information content (AvgIpc) is 3.23. The number of amides is 1. The summed E-state index contributed by atoms with van der Waals surface area (Å²) in [5.41, 5.74) is 4.38. The van der Waals surface area contributed by atoms with Gasteiger partial charge in [-0.25, -0.2) is 9.78 Å². The molecule has 3 aromatic rings. The summed E-state index contributed by atoms with van der Waals surface area (Å²) in [4.78, 5) is 30.8. The number of thiophene rings is 1. The van der Waals surface area contributed by atoms with Crippen molar-refractivity contribution in [2.24, 2.45) is 5.92 Å². The Bertz CT molecular complexity index is 1070. The number of esters is 1. The minimum absolute atomic E-state index is 0.314. The topological polar surface area (TPSA) is 68.3 Å². The van der Waals surface area contributed by atoms with E-state index in [-0.39, 0.29) is 12.5 Å². The first-order chi connectivity index (χ1) is 13.4. The number of nitrogens with one attached hydrogen (secondary N) is 1. The van der Waals surface area contributed by atoms with Crippen molar-refractivity contribution in [2.45, 2.75) is 40.0 Å². The molecule has 2 heterocycles. The van der Waals surface area contributed by atoms with Crippen LogP contribution in [0.15, 0.2) is 18.2 Å². The van der Waals surface area contributed by atoms with E-state index in [0.29, 0.717) is 15.9 Å². The molecule has 0 saturated heterocycles. The highest BCUT2D eigenvalue weighted by molar-refractivity contribution is 7.22. The summed E-state index contributed by atoms with van der Waals surface area (Å²) in [7, 11) is 0. The van der Waals surface area contributed by atoms with Crippen molar-refractivity contribution in [1.29, 1.82) is 0 Å². The van der Waals surface area contributed by atoms with Crippen LogP contribution in [-0.2, 0) is 22.4 Å². The van der Waals surface area contributed by atoms with Crippen LogP contribution in [0, 0.1) is 19.8 Å². The summed E-state index contributed by atoms with van der Waals surface area (Å²) in [5, 5.41) is 3.25. The standard InChI is InChI=1S/C21H22N2O3S2/c1-11-4-5-15-14(7-11)9-17(27-15)20(25)26-10-18(24)22-21-23-19-13(3)6-12(2)8-16(19)28-21/h6,8-9,11H,4-5,7,10H2,1-3H3,(H,22,23,24)/t11-/m1/s1. The number of nitrogens with zero attached hydrogens (tertiary/aromatic N) is 1. The second-order valence-electron chi connectivity index (χ2n) is 7.48. The van der Waals surface area contributed by atoms with Gasteiger partial charge in [0.05, 0.1) is 10.2 Å². The largest absolute Gasteiger partial charge is 0.451 e. The molecule has 0 bridgehead atoms. The Balaban J connectivity index is 1.37. The molecule has 1 aliphatic carbocycles. The monoisotopic (exact) mass is 414 g/mol. The number of fused-ring (bicyclic) bond motifs is 2. The molecule has 1 N–H and O–H groups in total. The van der Waals surface area contributed by atoms with Crippen LogP contribution >= 0.6 is 22.7 Å². The minimum atomic E-state index is -0.432. The van der Waals surface area contributed by atoms with E-state index in [9.17, 15) is 9.59 Å². The highest BCUT2D eigenvalue weighted by atomic mass is 32.1. The van der Waals surface area contributed by atoms with Gasteiger partial charge in [0.15, 0.2) is 11.7 Å². The Morgan fingerprint density at radius 1 is 1.25 bits per heavy atom. The SMILES string of the molecule is Cc1cc(C)c2nc(NC(=O)COC(=O)c3cc4c(s3)CC[C@@H](C)C4)sc2c1. The second kappa shape index (κ2) is 7.64. The van der Waals surface area contributed by atoms with E-state index in [2.05, 4.69) is 29.4 Å². The molecule has 7 heteroatoms. The molecule has 5 nitrogen and oxygen atoms in total. The Hall–Kier alpha value is -2.25. The molecule has 0 aliphatic heterocycles. The van der Waals surface area contributed by atoms with Gasteiger partial charge in [-0.05, 0) is 67.9 Å². The van der Waals surface area contributed by atoms with E-state index in [1.807, 2.05) is 19.9 Å². The third kappa shape index (κ3) is 3.95. The number of carbonyl (C=O) groups is 2. The number of carbonyl (C=O) groups excluding carboxylic acids is 2. The second-order valence-corrected chi connectivity index (χ2v) is 9.65. The Kier molecular flexibility index (Phi) is 5.21. The molecule has 1 atom stereocenters. The van der Waals surface area contributed by atoms with Crippen LogP contribution in [0.2, 0.25) is 0 Å². The van der Waals surface area contributed by atoms with Gasteiger partial charge in [-0.3, -0.25) is 10.1 Å². The maximum absolute atomic E-state index is 12.3. The summed E-state index contributed by atoms with van der Waals surface area (Å²) >= 11 is 2.91. The van der Waals surface area contributed by atoms with E-state index in [1.54, 1.807) is 0 Å². The molecule has 0 spiro atoms. The molecular formula is C21H22N2O3S2. The van der Waals surface area contributed by atoms with Crippen LogP contribution in [0.25, 0.3) is 10.2 Å². The van der Waals surface area contributed by atoms with E-state index in [0.717, 1.165) is 40.6 Å². The van der Waals surface area contributed by atoms with Gasteiger partial charge in [0.2, 0.25) is 0 Å². The van der Waals surface area contributed by atoms with Crippen molar-refractivity contribution in [3.63, 3.8) is 0 Å². The quantitative estimate of drug-likeness (QED) is 0.617. The number of aryl methyl sites for hydroxylation is 3. The van der Waals surface area contributed by atoms with Gasteiger partial charge < -0.3 is 4.74 Å². The lowest BCUT2D eigenvalue weighted by Gasteiger charge is -2.16. The van der Waals surface area contributed by atoms with Gasteiger partial charge in [0, 0.05) is 4.88 Å². The third-order valence-corrected chi connectivity index (χ3v) is 7.08. The number of rotatable bonds is 4. The van der Waals surface area contributed by atoms with Crippen LogP contribution in [0.4, 0.5) is 5.13 Å². The molecule has 1 aliphatic rings. The molecule has 146 valence electrons. The summed E-state index contributed by atoms with van der Waals surface area (Å²) in [6.07, 6.45) is 3.19. The Labute approximate surface area is 171 Å². The van der Waals surface area contributed by atoms with E-state index in [1.165, 1.54) is 33.1 Å². The Morgan fingerprint density at radius 3 is 2.89 bits per heavy atom. The van der Waals surface area contributed by atoms with Crippen molar-refractivity contribution in [2.75, 3.05) is 11.9 Å². The molecule has 1 aromatic carbocycles. The number of aromatic nitrogens is 1. The fourth-order valence-electron chi connectivity index (χ4n) is 3.59. The highest BCUT2D eigenvalue weighted by Gasteiger charge is 2.22. The first-order valence-electron chi connectivity index (χ1n) is 9.35. The smallest absolute Gasteiger partial charge is 0.348 e. The predicted molar refractivity (Wildman–Crippen MR) is 114 cm³/mol. The number of hydrogen-bond donors (Lipinski definition) is 1. The van der Waals surface area contributed by atoms with Crippen molar-refractivity contribution < 1.29 is 14.3 Å². The maximum atomic E-state index is 12.3. The van der Waals surface area contributed by atoms with Crippen LogP contribution < -0.4 is 5.32 Å². The van der Waals surface area contributed by atoms with E-state index < -0.39 is 5.97 Å². The zero-order valence-electron chi connectivity index (χ0n) is 16.1. The maximum Gasteiger partial charge on any atom is 0.348 e. The third-order valence-electron chi connectivity index (χ3n) is 4.94. The van der Waals surface area contributed by atoms with Crippen LogP contribution in [-0.4, -0.2) is 23.5 Å². The fraction of sp³-hybridized carbons (Fsp3) is 0.381. The fourth-order valence-corrected chi connectivity index (χ4v) is 5.75. The number of thiazole rings is 1. The molecule has 0 saturated carbocycles. The molecule has 28 heavy (non-hydrogen) atoms. The first-order valence-corrected chi connectivity index (χ1v) is 11.0. The van der Waals surface area contributed by atoms with Crippen LogP contribution in [0.5, 0.6) is 0 Å². The Morgan fingerprint density at radius 2 is 2.07 bits per heavy atom.